The van der Waals surface area contributed by atoms with Gasteiger partial charge in [0, 0.05) is 6.42 Å². The van der Waals surface area contributed by atoms with Crippen LogP contribution in [0.5, 0.6) is 5.75 Å². The van der Waals surface area contributed by atoms with Crippen molar-refractivity contribution in [1.82, 2.24) is 5.32 Å². The standard InChI is InChI=1S/C28H23FN2O6/c1-3-37-24-15-17(8-9-20(24)16-19-6-4-5-7-23(19)29)14-22-25(32)30-28(35)31(26(22)33)21-12-10-18(11-13-21)27(34)36-2/h4-15H,3,16H2,1-2H3,(H,30,32,35)/b22-14+. The van der Waals surface area contributed by atoms with E-state index in [0.29, 0.717) is 29.9 Å². The van der Waals surface area contributed by atoms with Crippen LogP contribution in [0.15, 0.2) is 72.3 Å². The molecule has 0 aliphatic carbocycles. The average molecular weight is 502 g/mol. The van der Waals surface area contributed by atoms with E-state index in [2.05, 4.69) is 10.1 Å². The number of nitrogens with one attached hydrogen (secondary N) is 1. The van der Waals surface area contributed by atoms with E-state index in [1.807, 2.05) is 6.92 Å². The quantitative estimate of drug-likeness (QED) is 0.294. The van der Waals surface area contributed by atoms with Crippen LogP contribution in [-0.2, 0) is 20.7 Å². The molecule has 1 aliphatic rings. The summed E-state index contributed by atoms with van der Waals surface area (Å²) in [5, 5.41) is 2.16. The number of benzene rings is 3. The molecule has 4 rings (SSSR count). The minimum Gasteiger partial charge on any atom is -0.494 e. The molecule has 188 valence electrons. The first-order valence-corrected chi connectivity index (χ1v) is 11.4. The minimum atomic E-state index is -0.909. The molecular formula is C28H23FN2O6. The number of hydrogen-bond donors (Lipinski definition) is 1. The summed E-state index contributed by atoms with van der Waals surface area (Å²) in [6.45, 7) is 2.17. The zero-order valence-corrected chi connectivity index (χ0v) is 20.1. The molecule has 4 amide bonds. The molecule has 0 bridgehead atoms. The van der Waals surface area contributed by atoms with Crippen LogP contribution in [0.25, 0.3) is 6.08 Å². The summed E-state index contributed by atoms with van der Waals surface area (Å²) in [7, 11) is 1.24. The van der Waals surface area contributed by atoms with E-state index in [0.717, 1.165) is 10.5 Å². The molecule has 0 spiro atoms. The molecule has 1 N–H and O–H groups in total. The highest BCUT2D eigenvalue weighted by molar-refractivity contribution is 6.39. The van der Waals surface area contributed by atoms with Crippen molar-refractivity contribution in [2.75, 3.05) is 18.6 Å². The van der Waals surface area contributed by atoms with Crippen LogP contribution in [0.3, 0.4) is 0 Å². The van der Waals surface area contributed by atoms with Crippen LogP contribution in [0.2, 0.25) is 0 Å². The molecule has 1 aliphatic heterocycles. The van der Waals surface area contributed by atoms with Gasteiger partial charge in [-0.15, -0.1) is 0 Å². The van der Waals surface area contributed by atoms with Gasteiger partial charge in [-0.2, -0.15) is 0 Å². The molecule has 1 saturated heterocycles. The third-order valence-corrected chi connectivity index (χ3v) is 5.69. The Morgan fingerprint density at radius 1 is 1.00 bits per heavy atom. The lowest BCUT2D eigenvalue weighted by molar-refractivity contribution is -0.122. The maximum atomic E-state index is 14.2. The second-order valence-corrected chi connectivity index (χ2v) is 8.06. The number of nitrogens with zero attached hydrogens (tertiary/aromatic N) is 1. The molecule has 37 heavy (non-hydrogen) atoms. The highest BCUT2D eigenvalue weighted by atomic mass is 19.1. The Kier molecular flexibility index (Phi) is 7.43. The lowest BCUT2D eigenvalue weighted by Gasteiger charge is -2.26. The molecule has 0 radical (unpaired) electrons. The van der Waals surface area contributed by atoms with E-state index >= 15 is 0 Å². The van der Waals surface area contributed by atoms with Crippen LogP contribution in [0, 0.1) is 5.82 Å². The number of anilines is 1. The smallest absolute Gasteiger partial charge is 0.337 e. The van der Waals surface area contributed by atoms with E-state index in [9.17, 15) is 23.6 Å². The molecule has 8 nitrogen and oxygen atoms in total. The fourth-order valence-electron chi connectivity index (χ4n) is 3.87. The summed E-state index contributed by atoms with van der Waals surface area (Å²) in [6.07, 6.45) is 1.65. The highest BCUT2D eigenvalue weighted by Crippen LogP contribution is 2.27. The number of urea groups is 1. The van der Waals surface area contributed by atoms with Crippen molar-refractivity contribution in [3.63, 3.8) is 0 Å². The highest BCUT2D eigenvalue weighted by Gasteiger charge is 2.36. The Balaban J connectivity index is 1.65. The maximum absolute atomic E-state index is 14.2. The molecule has 1 fully saturated rings. The number of imide groups is 2. The van der Waals surface area contributed by atoms with Crippen molar-refractivity contribution in [2.24, 2.45) is 0 Å². The Bertz CT molecular complexity index is 1410. The van der Waals surface area contributed by atoms with Crippen molar-refractivity contribution < 1.29 is 33.0 Å². The second kappa shape index (κ2) is 10.9. The monoisotopic (exact) mass is 502 g/mol. The summed E-state index contributed by atoms with van der Waals surface area (Å²) in [5.74, 6) is -2.08. The number of carbonyl (C=O) groups is 4. The van der Waals surface area contributed by atoms with Gasteiger partial charge in [-0.1, -0.05) is 30.3 Å². The summed E-state index contributed by atoms with van der Waals surface area (Å²) in [4.78, 5) is 50.7. The minimum absolute atomic E-state index is 0.170. The zero-order valence-electron chi connectivity index (χ0n) is 20.1. The third kappa shape index (κ3) is 5.40. The van der Waals surface area contributed by atoms with Crippen LogP contribution < -0.4 is 15.0 Å². The topological polar surface area (TPSA) is 102 Å². The molecule has 1 heterocycles. The van der Waals surface area contributed by atoms with Crippen molar-refractivity contribution in [2.45, 2.75) is 13.3 Å². The summed E-state index contributed by atoms with van der Waals surface area (Å²) in [6, 6.07) is 16.2. The van der Waals surface area contributed by atoms with E-state index < -0.39 is 23.8 Å². The van der Waals surface area contributed by atoms with Crippen LogP contribution in [-0.4, -0.2) is 37.5 Å². The zero-order chi connectivity index (χ0) is 26.5. The van der Waals surface area contributed by atoms with Gasteiger partial charge in [0.15, 0.2) is 0 Å². The SMILES string of the molecule is CCOc1cc(/C=C2\C(=O)NC(=O)N(c3ccc(C(=O)OC)cc3)C2=O)ccc1Cc1ccccc1F. The lowest BCUT2D eigenvalue weighted by Crippen LogP contribution is -2.54. The van der Waals surface area contributed by atoms with Crippen LogP contribution in [0.1, 0.15) is 34.0 Å². The fraction of sp³-hybridized carbons (Fsp3) is 0.143. The second-order valence-electron chi connectivity index (χ2n) is 8.06. The van der Waals surface area contributed by atoms with Gasteiger partial charge in [0.2, 0.25) is 0 Å². The predicted molar refractivity (Wildman–Crippen MR) is 134 cm³/mol. The number of amides is 4. The van der Waals surface area contributed by atoms with Gasteiger partial charge >= 0.3 is 12.0 Å². The van der Waals surface area contributed by atoms with E-state index in [4.69, 9.17) is 4.74 Å². The fourth-order valence-corrected chi connectivity index (χ4v) is 3.87. The van der Waals surface area contributed by atoms with E-state index in [-0.39, 0.29) is 22.6 Å². The van der Waals surface area contributed by atoms with Crippen molar-refractivity contribution in [3.05, 3.63) is 100 Å². The first kappa shape index (κ1) is 25.3. The van der Waals surface area contributed by atoms with Crippen LogP contribution >= 0.6 is 0 Å². The van der Waals surface area contributed by atoms with E-state index in [1.165, 1.54) is 43.5 Å². The first-order valence-electron chi connectivity index (χ1n) is 11.4. The van der Waals surface area contributed by atoms with Crippen molar-refractivity contribution >= 4 is 35.6 Å². The molecule has 9 heteroatoms. The molecule has 3 aromatic rings. The van der Waals surface area contributed by atoms with Gasteiger partial charge in [-0.25, -0.2) is 18.9 Å². The normalized spacial score (nSPS) is 14.5. The number of rotatable bonds is 7. The Labute approximate surface area is 212 Å². The number of methoxy groups -OCH3 is 1. The third-order valence-electron chi connectivity index (χ3n) is 5.69. The number of esters is 1. The molecule has 3 aromatic carbocycles. The molecule has 0 aromatic heterocycles. The Morgan fingerprint density at radius 2 is 1.73 bits per heavy atom. The van der Waals surface area contributed by atoms with Crippen molar-refractivity contribution in [3.8, 4) is 5.75 Å². The Morgan fingerprint density at radius 3 is 2.41 bits per heavy atom. The number of barbiturate groups is 1. The summed E-state index contributed by atoms with van der Waals surface area (Å²) < 4.78 is 24.6. The predicted octanol–water partition coefficient (Wildman–Crippen LogP) is 4.27. The first-order chi connectivity index (χ1) is 17.8. The molecular weight excluding hydrogens is 479 g/mol. The van der Waals surface area contributed by atoms with Gasteiger partial charge in [-0.05, 0) is 66.1 Å². The number of carbonyl (C=O) groups excluding carboxylic acids is 4. The van der Waals surface area contributed by atoms with Gasteiger partial charge in [0.05, 0.1) is 25.0 Å². The molecule has 0 saturated carbocycles. The average Bonchev–Trinajstić information content (AvgIpc) is 2.89. The number of halogens is 1. The lowest BCUT2D eigenvalue weighted by atomic mass is 10.00. The number of hydrogen-bond acceptors (Lipinski definition) is 6. The molecule has 0 unspecified atom stereocenters. The Hall–Kier alpha value is -4.79. The van der Waals surface area contributed by atoms with Gasteiger partial charge in [0.1, 0.15) is 17.1 Å². The summed E-state index contributed by atoms with van der Waals surface area (Å²) >= 11 is 0. The van der Waals surface area contributed by atoms with Gasteiger partial charge in [-0.3, -0.25) is 14.9 Å². The largest absolute Gasteiger partial charge is 0.494 e. The van der Waals surface area contributed by atoms with Crippen molar-refractivity contribution in [1.29, 1.82) is 0 Å². The van der Waals surface area contributed by atoms with E-state index in [1.54, 1.807) is 36.4 Å². The number of ether oxygens (including phenoxy) is 2. The summed E-state index contributed by atoms with van der Waals surface area (Å²) in [5.41, 5.74) is 1.86. The maximum Gasteiger partial charge on any atom is 0.337 e. The molecule has 0 atom stereocenters. The van der Waals surface area contributed by atoms with Gasteiger partial charge < -0.3 is 9.47 Å². The van der Waals surface area contributed by atoms with Gasteiger partial charge in [0.25, 0.3) is 11.8 Å². The van der Waals surface area contributed by atoms with Crippen LogP contribution in [0.4, 0.5) is 14.9 Å².